The summed E-state index contributed by atoms with van der Waals surface area (Å²) in [5, 5.41) is 1.18. The number of nitrogens with one attached hydrogen (secondary N) is 1. The molecule has 0 aromatic heterocycles. The number of hydrogen-bond donors (Lipinski definition) is 1. The summed E-state index contributed by atoms with van der Waals surface area (Å²) in [6.45, 7) is 8.14. The predicted octanol–water partition coefficient (Wildman–Crippen LogP) is 5.64. The van der Waals surface area contributed by atoms with Crippen LogP contribution in [0.15, 0.2) is 18.2 Å². The fourth-order valence-electron chi connectivity index (χ4n) is 3.41. The van der Waals surface area contributed by atoms with Crippen LogP contribution in [0.1, 0.15) is 65.4 Å². The van der Waals surface area contributed by atoms with E-state index < -0.39 is 11.4 Å². The van der Waals surface area contributed by atoms with Gasteiger partial charge in [0.15, 0.2) is 0 Å². The Morgan fingerprint density at radius 3 is 2.26 bits per heavy atom. The molecule has 1 fully saturated rings. The average Bonchev–Trinajstić information content (AvgIpc) is 2.49. The van der Waals surface area contributed by atoms with E-state index in [0.717, 1.165) is 12.8 Å². The van der Waals surface area contributed by atoms with Crippen LogP contribution < -0.4 is 4.72 Å². The molecule has 0 spiro atoms. The highest BCUT2D eigenvalue weighted by Crippen LogP contribution is 2.44. The number of halogens is 2. The lowest BCUT2D eigenvalue weighted by Crippen LogP contribution is -2.53. The van der Waals surface area contributed by atoms with E-state index in [1.54, 1.807) is 0 Å². The monoisotopic (exact) mass is 375 g/mol. The first-order valence-electron chi connectivity index (χ1n) is 8.30. The van der Waals surface area contributed by atoms with E-state index in [4.69, 9.17) is 23.2 Å². The predicted molar refractivity (Wildman–Crippen MR) is 102 cm³/mol. The smallest absolute Gasteiger partial charge is 0.136 e. The van der Waals surface area contributed by atoms with Crippen LogP contribution in [0.2, 0.25) is 10.0 Å². The minimum absolute atomic E-state index is 0.0343. The molecule has 2 unspecified atom stereocenters. The molecule has 1 saturated carbocycles. The molecule has 2 atom stereocenters. The zero-order valence-corrected chi connectivity index (χ0v) is 16.7. The molecule has 0 heterocycles. The second-order valence-electron chi connectivity index (χ2n) is 7.57. The van der Waals surface area contributed by atoms with Crippen molar-refractivity contribution >= 4 is 34.6 Å². The third-order valence-electron chi connectivity index (χ3n) is 4.91. The van der Waals surface area contributed by atoms with Gasteiger partial charge in [-0.05, 0) is 58.2 Å². The number of hydrogen-bond acceptors (Lipinski definition) is 2. The summed E-state index contributed by atoms with van der Waals surface area (Å²) in [7, 11) is 0. The highest BCUT2D eigenvalue weighted by atomic mass is 35.5. The molecule has 2 rings (SSSR count). The van der Waals surface area contributed by atoms with Gasteiger partial charge in [0.25, 0.3) is 0 Å². The second kappa shape index (κ2) is 7.53. The zero-order chi connectivity index (χ0) is 17.3. The van der Waals surface area contributed by atoms with Crippen LogP contribution in [0.3, 0.4) is 0 Å². The van der Waals surface area contributed by atoms with E-state index in [-0.39, 0.29) is 16.2 Å². The summed E-state index contributed by atoms with van der Waals surface area (Å²) in [6.07, 6.45) is 5.81. The third kappa shape index (κ3) is 4.38. The fourth-order valence-corrected chi connectivity index (χ4v) is 4.61. The van der Waals surface area contributed by atoms with Gasteiger partial charge in [-0.25, -0.2) is 0 Å². The SMILES string of the molecule is CC(N[S+]([O-])C(C)(C)C)C1(c2ccc(Cl)c(Cl)c2)CCCCC1. The highest BCUT2D eigenvalue weighted by Gasteiger charge is 2.42. The Bertz CT molecular complexity index is 538. The first-order valence-corrected chi connectivity index (χ1v) is 10.2. The summed E-state index contributed by atoms with van der Waals surface area (Å²) in [5.41, 5.74) is 1.17. The van der Waals surface area contributed by atoms with Gasteiger partial charge in [-0.15, -0.1) is 4.72 Å². The first-order chi connectivity index (χ1) is 10.7. The largest absolute Gasteiger partial charge is 0.598 e. The Hall–Kier alpha value is 0.0700. The molecule has 23 heavy (non-hydrogen) atoms. The molecule has 0 amide bonds. The van der Waals surface area contributed by atoms with Crippen molar-refractivity contribution in [2.75, 3.05) is 0 Å². The highest BCUT2D eigenvalue weighted by molar-refractivity contribution is 7.90. The average molecular weight is 376 g/mol. The van der Waals surface area contributed by atoms with Gasteiger partial charge in [0.05, 0.1) is 16.1 Å². The molecule has 1 N–H and O–H groups in total. The van der Waals surface area contributed by atoms with E-state index in [1.165, 1.54) is 24.8 Å². The molecule has 0 bridgehead atoms. The van der Waals surface area contributed by atoms with Crippen LogP contribution in [0.4, 0.5) is 0 Å². The minimum atomic E-state index is -1.09. The van der Waals surface area contributed by atoms with Crippen LogP contribution in [0, 0.1) is 0 Å². The van der Waals surface area contributed by atoms with Crippen molar-refractivity contribution in [2.45, 2.75) is 76.0 Å². The lowest BCUT2D eigenvalue weighted by atomic mass is 9.65. The van der Waals surface area contributed by atoms with Gasteiger partial charge in [0, 0.05) is 16.8 Å². The van der Waals surface area contributed by atoms with Crippen molar-refractivity contribution in [2.24, 2.45) is 0 Å². The van der Waals surface area contributed by atoms with Crippen molar-refractivity contribution in [1.29, 1.82) is 0 Å². The molecule has 2 nitrogen and oxygen atoms in total. The summed E-state index contributed by atoms with van der Waals surface area (Å²) in [4.78, 5) is 0. The summed E-state index contributed by atoms with van der Waals surface area (Å²) in [5.74, 6) is 0. The molecule has 5 heteroatoms. The molecule has 130 valence electrons. The Labute approximate surface area is 153 Å². The maximum Gasteiger partial charge on any atom is 0.136 e. The van der Waals surface area contributed by atoms with E-state index in [9.17, 15) is 4.55 Å². The van der Waals surface area contributed by atoms with Crippen molar-refractivity contribution in [3.05, 3.63) is 33.8 Å². The maximum absolute atomic E-state index is 12.6. The molecule has 1 aliphatic carbocycles. The minimum Gasteiger partial charge on any atom is -0.598 e. The maximum atomic E-state index is 12.6. The van der Waals surface area contributed by atoms with Crippen molar-refractivity contribution in [3.63, 3.8) is 0 Å². The standard InChI is InChI=1S/C18H27Cl2NOS/c1-13(21-23(22)17(2,3)4)18(10-6-5-7-11-18)14-8-9-15(19)16(20)12-14/h8-9,12-13,21H,5-7,10-11H2,1-4H3. The quantitative estimate of drug-likeness (QED) is 0.691. The van der Waals surface area contributed by atoms with Gasteiger partial charge in [0.2, 0.25) is 0 Å². The second-order valence-corrected chi connectivity index (χ2v) is 10.4. The van der Waals surface area contributed by atoms with E-state index in [1.807, 2.05) is 32.9 Å². The summed E-state index contributed by atoms with van der Waals surface area (Å²) < 4.78 is 15.6. The van der Waals surface area contributed by atoms with Gasteiger partial charge in [0.1, 0.15) is 4.75 Å². The Morgan fingerprint density at radius 1 is 1.13 bits per heavy atom. The van der Waals surface area contributed by atoms with Crippen LogP contribution in [-0.4, -0.2) is 15.3 Å². The van der Waals surface area contributed by atoms with Crippen molar-refractivity contribution < 1.29 is 4.55 Å². The van der Waals surface area contributed by atoms with Gasteiger partial charge < -0.3 is 4.55 Å². The Balaban J connectivity index is 2.33. The van der Waals surface area contributed by atoms with Crippen LogP contribution >= 0.6 is 23.2 Å². The van der Waals surface area contributed by atoms with Crippen LogP contribution in [0.25, 0.3) is 0 Å². The van der Waals surface area contributed by atoms with Crippen molar-refractivity contribution in [3.8, 4) is 0 Å². The van der Waals surface area contributed by atoms with Crippen molar-refractivity contribution in [1.82, 2.24) is 4.72 Å². The first kappa shape index (κ1) is 19.4. The van der Waals surface area contributed by atoms with E-state index in [0.29, 0.717) is 10.0 Å². The van der Waals surface area contributed by atoms with Crippen LogP contribution in [0.5, 0.6) is 0 Å². The molecule has 0 aliphatic heterocycles. The van der Waals surface area contributed by atoms with Gasteiger partial charge in [-0.1, -0.05) is 48.5 Å². The summed E-state index contributed by atoms with van der Waals surface area (Å²) >= 11 is 11.3. The van der Waals surface area contributed by atoms with E-state index in [2.05, 4.69) is 17.7 Å². The topological polar surface area (TPSA) is 35.1 Å². The Morgan fingerprint density at radius 2 is 1.74 bits per heavy atom. The normalized spacial score (nSPS) is 21.0. The lowest BCUT2D eigenvalue weighted by Gasteiger charge is -2.43. The molecule has 0 saturated heterocycles. The molecular weight excluding hydrogens is 349 g/mol. The molecule has 1 aromatic rings. The number of rotatable bonds is 4. The van der Waals surface area contributed by atoms with Gasteiger partial charge in [-0.2, -0.15) is 0 Å². The zero-order valence-electron chi connectivity index (χ0n) is 14.4. The van der Waals surface area contributed by atoms with Gasteiger partial charge in [-0.3, -0.25) is 0 Å². The fraction of sp³-hybridized carbons (Fsp3) is 0.667. The lowest BCUT2D eigenvalue weighted by molar-refractivity contribution is 0.240. The summed E-state index contributed by atoms with van der Waals surface area (Å²) in [6, 6.07) is 6.06. The number of benzene rings is 1. The molecular formula is C18H27Cl2NOS. The Kier molecular flexibility index (Phi) is 6.35. The molecule has 0 radical (unpaired) electrons. The third-order valence-corrected chi connectivity index (χ3v) is 7.33. The molecule has 1 aromatic carbocycles. The van der Waals surface area contributed by atoms with Crippen LogP contribution in [-0.2, 0) is 16.8 Å². The van der Waals surface area contributed by atoms with E-state index >= 15 is 0 Å². The van der Waals surface area contributed by atoms with Gasteiger partial charge >= 0.3 is 0 Å². The molecule has 1 aliphatic rings.